The van der Waals surface area contributed by atoms with Crippen LogP contribution in [0.2, 0.25) is 0 Å². The Balaban J connectivity index is 1.33. The lowest BCUT2D eigenvalue weighted by Gasteiger charge is -2.36. The van der Waals surface area contributed by atoms with Crippen molar-refractivity contribution in [2.45, 2.75) is 32.9 Å². The van der Waals surface area contributed by atoms with Crippen molar-refractivity contribution in [3.8, 4) is 5.75 Å². The summed E-state index contributed by atoms with van der Waals surface area (Å²) in [4.78, 5) is 28.1. The van der Waals surface area contributed by atoms with E-state index < -0.39 is 0 Å². The number of hydrogen-bond acceptors (Lipinski definition) is 6. The molecule has 0 aromatic carbocycles. The van der Waals surface area contributed by atoms with Gasteiger partial charge in [0.1, 0.15) is 11.6 Å². The molecule has 0 unspecified atom stereocenters. The lowest BCUT2D eigenvalue weighted by molar-refractivity contribution is -0.127. The SMILES string of the molecule is Cc1ccc(OC[C@H]2C[C@@H](C(=O)NCCCn3ccnc3)CN(Cc3nccn3C)C2)cn1. The second kappa shape index (κ2) is 11.1. The van der Waals surface area contributed by atoms with Crippen molar-refractivity contribution in [1.29, 1.82) is 0 Å². The minimum atomic E-state index is -0.0722. The first kappa shape index (κ1) is 23.0. The van der Waals surface area contributed by atoms with E-state index in [0.29, 0.717) is 13.2 Å². The van der Waals surface area contributed by atoms with Gasteiger partial charge in [-0.1, -0.05) is 0 Å². The summed E-state index contributed by atoms with van der Waals surface area (Å²) in [6.07, 6.45) is 12.7. The van der Waals surface area contributed by atoms with Crippen molar-refractivity contribution in [2.75, 3.05) is 26.2 Å². The third-order valence-electron chi connectivity index (χ3n) is 6.09. The number of nitrogens with one attached hydrogen (secondary N) is 1. The standard InChI is InChI=1S/C24H33N7O2/c1-19-4-5-22(13-28-19)33-17-20-12-21(15-31(14-20)16-23-26-8-10-29(23)2)24(32)27-6-3-9-30-11-7-25-18-30/h4-5,7-8,10-11,13,18,20-21H,3,6,9,12,14-17H2,1-2H3,(H,27,32)/t20-,21+/m0/s1. The summed E-state index contributed by atoms with van der Waals surface area (Å²) in [5.41, 5.74) is 0.964. The number of aromatic nitrogens is 5. The van der Waals surface area contributed by atoms with Crippen LogP contribution in [0.5, 0.6) is 5.75 Å². The average molecular weight is 452 g/mol. The van der Waals surface area contributed by atoms with Crippen LogP contribution in [0, 0.1) is 18.8 Å². The molecule has 1 N–H and O–H groups in total. The Kier molecular flexibility index (Phi) is 7.72. The molecule has 4 heterocycles. The fourth-order valence-corrected chi connectivity index (χ4v) is 4.28. The maximum Gasteiger partial charge on any atom is 0.224 e. The molecule has 9 nitrogen and oxygen atoms in total. The summed E-state index contributed by atoms with van der Waals surface area (Å²) < 4.78 is 10.1. The van der Waals surface area contributed by atoms with Gasteiger partial charge in [-0.2, -0.15) is 0 Å². The minimum Gasteiger partial charge on any atom is -0.492 e. The van der Waals surface area contributed by atoms with Crippen LogP contribution in [0.15, 0.2) is 49.4 Å². The largest absolute Gasteiger partial charge is 0.492 e. The molecule has 33 heavy (non-hydrogen) atoms. The van der Waals surface area contributed by atoms with E-state index in [-0.39, 0.29) is 17.7 Å². The molecule has 4 rings (SSSR count). The van der Waals surface area contributed by atoms with Gasteiger partial charge in [0.2, 0.25) is 5.91 Å². The number of aryl methyl sites for hydroxylation is 3. The Bertz CT molecular complexity index is 1000. The highest BCUT2D eigenvalue weighted by atomic mass is 16.5. The van der Waals surface area contributed by atoms with Gasteiger partial charge in [0.25, 0.3) is 0 Å². The highest BCUT2D eigenvalue weighted by molar-refractivity contribution is 5.79. The minimum absolute atomic E-state index is 0.0722. The van der Waals surface area contributed by atoms with Crippen molar-refractivity contribution >= 4 is 5.91 Å². The Morgan fingerprint density at radius 2 is 2.12 bits per heavy atom. The molecule has 176 valence electrons. The fraction of sp³-hybridized carbons (Fsp3) is 0.500. The van der Waals surface area contributed by atoms with Gasteiger partial charge in [0, 0.05) is 69.6 Å². The molecule has 2 atom stereocenters. The van der Waals surface area contributed by atoms with Gasteiger partial charge in [0.05, 0.1) is 31.6 Å². The lowest BCUT2D eigenvalue weighted by atomic mass is 9.89. The zero-order valence-electron chi connectivity index (χ0n) is 19.4. The molecule has 0 spiro atoms. The third kappa shape index (κ3) is 6.64. The first-order valence-corrected chi connectivity index (χ1v) is 11.5. The Morgan fingerprint density at radius 1 is 1.21 bits per heavy atom. The van der Waals surface area contributed by atoms with Gasteiger partial charge in [-0.05, 0) is 31.9 Å². The molecular formula is C24H33N7O2. The second-order valence-electron chi connectivity index (χ2n) is 8.84. The van der Waals surface area contributed by atoms with Crippen molar-refractivity contribution < 1.29 is 9.53 Å². The van der Waals surface area contributed by atoms with Gasteiger partial charge in [0.15, 0.2) is 0 Å². The van der Waals surface area contributed by atoms with E-state index in [2.05, 4.69) is 25.2 Å². The molecule has 9 heteroatoms. The van der Waals surface area contributed by atoms with Gasteiger partial charge in [-0.3, -0.25) is 14.7 Å². The number of carbonyl (C=O) groups excluding carboxylic acids is 1. The zero-order chi connectivity index (χ0) is 23.0. The van der Waals surface area contributed by atoms with Crippen LogP contribution in [0.1, 0.15) is 24.4 Å². The van der Waals surface area contributed by atoms with E-state index in [4.69, 9.17) is 4.74 Å². The summed E-state index contributed by atoms with van der Waals surface area (Å²) in [5.74, 6) is 2.06. The van der Waals surface area contributed by atoms with E-state index in [1.807, 2.05) is 53.8 Å². The van der Waals surface area contributed by atoms with E-state index in [9.17, 15) is 4.79 Å². The lowest BCUT2D eigenvalue weighted by Crippen LogP contribution is -2.47. The maximum absolute atomic E-state index is 13.0. The number of imidazole rings is 2. The number of rotatable bonds is 10. The number of pyridine rings is 1. The van der Waals surface area contributed by atoms with E-state index in [1.54, 1.807) is 18.7 Å². The van der Waals surface area contributed by atoms with E-state index in [1.165, 1.54) is 0 Å². The molecule has 3 aromatic heterocycles. The maximum atomic E-state index is 13.0. The number of piperidine rings is 1. The Morgan fingerprint density at radius 3 is 2.85 bits per heavy atom. The number of nitrogens with zero attached hydrogens (tertiary/aromatic N) is 6. The smallest absolute Gasteiger partial charge is 0.224 e. The monoisotopic (exact) mass is 451 g/mol. The van der Waals surface area contributed by atoms with Gasteiger partial charge in [-0.25, -0.2) is 9.97 Å². The molecule has 1 aliphatic rings. The molecule has 0 radical (unpaired) electrons. The predicted molar refractivity (Wildman–Crippen MR) is 124 cm³/mol. The molecule has 0 saturated carbocycles. The predicted octanol–water partition coefficient (Wildman–Crippen LogP) is 2.04. The summed E-state index contributed by atoms with van der Waals surface area (Å²) in [7, 11) is 2.00. The van der Waals surface area contributed by atoms with Crippen LogP contribution in [0.25, 0.3) is 0 Å². The molecule has 1 aliphatic heterocycles. The number of ether oxygens (including phenoxy) is 1. The number of carbonyl (C=O) groups is 1. The van der Waals surface area contributed by atoms with E-state index in [0.717, 1.165) is 56.3 Å². The summed E-state index contributed by atoms with van der Waals surface area (Å²) in [6, 6.07) is 3.89. The second-order valence-corrected chi connectivity index (χ2v) is 8.84. The first-order valence-electron chi connectivity index (χ1n) is 11.5. The molecule has 0 bridgehead atoms. The highest BCUT2D eigenvalue weighted by Crippen LogP contribution is 2.25. The molecule has 0 aliphatic carbocycles. The van der Waals surface area contributed by atoms with Crippen molar-refractivity contribution in [2.24, 2.45) is 18.9 Å². The molecule has 1 saturated heterocycles. The van der Waals surface area contributed by atoms with Crippen molar-refractivity contribution in [3.63, 3.8) is 0 Å². The Labute approximate surface area is 194 Å². The first-order chi connectivity index (χ1) is 16.1. The van der Waals surface area contributed by atoms with Crippen LogP contribution in [0.4, 0.5) is 0 Å². The van der Waals surface area contributed by atoms with Crippen LogP contribution in [-0.4, -0.2) is 61.1 Å². The van der Waals surface area contributed by atoms with Crippen LogP contribution < -0.4 is 10.1 Å². The van der Waals surface area contributed by atoms with Crippen molar-refractivity contribution in [1.82, 2.24) is 34.3 Å². The van der Waals surface area contributed by atoms with Gasteiger partial charge in [-0.15, -0.1) is 0 Å². The third-order valence-corrected chi connectivity index (χ3v) is 6.09. The van der Waals surface area contributed by atoms with Gasteiger partial charge >= 0.3 is 0 Å². The fourth-order valence-electron chi connectivity index (χ4n) is 4.28. The van der Waals surface area contributed by atoms with Crippen LogP contribution in [0.3, 0.4) is 0 Å². The highest BCUT2D eigenvalue weighted by Gasteiger charge is 2.32. The zero-order valence-corrected chi connectivity index (χ0v) is 19.4. The average Bonchev–Trinajstić information content (AvgIpc) is 3.48. The Hall–Kier alpha value is -3.20. The van der Waals surface area contributed by atoms with Crippen molar-refractivity contribution in [3.05, 3.63) is 61.0 Å². The summed E-state index contributed by atoms with van der Waals surface area (Å²) in [5, 5.41) is 3.14. The summed E-state index contributed by atoms with van der Waals surface area (Å²) >= 11 is 0. The van der Waals surface area contributed by atoms with Crippen LogP contribution >= 0.6 is 0 Å². The topological polar surface area (TPSA) is 90.1 Å². The quantitative estimate of drug-likeness (QED) is 0.475. The summed E-state index contributed by atoms with van der Waals surface area (Å²) in [6.45, 7) is 6.33. The van der Waals surface area contributed by atoms with E-state index >= 15 is 0 Å². The number of amides is 1. The number of likely N-dealkylation sites (tertiary alicyclic amines) is 1. The van der Waals surface area contributed by atoms with Gasteiger partial charge < -0.3 is 19.2 Å². The molecule has 3 aromatic rings. The molecule has 1 fully saturated rings. The van der Waals surface area contributed by atoms with Crippen LogP contribution in [-0.2, 0) is 24.9 Å². The number of hydrogen-bond donors (Lipinski definition) is 1. The normalized spacial score (nSPS) is 18.8. The molecular weight excluding hydrogens is 418 g/mol. The molecule has 1 amide bonds.